The molecule has 0 saturated heterocycles. The average molecular weight is 543 g/mol. The molecular formula is C28H24F2N8S. The van der Waals surface area contributed by atoms with Gasteiger partial charge in [-0.05, 0) is 55.1 Å². The third-order valence-corrected chi connectivity index (χ3v) is 8.16. The Morgan fingerprint density at radius 1 is 0.974 bits per heavy atom. The molecule has 0 amide bonds. The van der Waals surface area contributed by atoms with E-state index in [2.05, 4.69) is 35.5 Å². The van der Waals surface area contributed by atoms with E-state index in [0.717, 1.165) is 29.4 Å². The molecular weight excluding hydrogens is 518 g/mol. The first-order chi connectivity index (χ1) is 19.1. The van der Waals surface area contributed by atoms with Gasteiger partial charge < -0.3 is 10.3 Å². The smallest absolute Gasteiger partial charge is 0.177 e. The number of imidazole rings is 1. The van der Waals surface area contributed by atoms with E-state index in [-0.39, 0.29) is 16.2 Å². The maximum Gasteiger partial charge on any atom is 0.177 e. The van der Waals surface area contributed by atoms with Crippen LogP contribution >= 0.6 is 11.3 Å². The Morgan fingerprint density at radius 2 is 1.87 bits per heavy atom. The van der Waals surface area contributed by atoms with Crippen molar-refractivity contribution in [3.8, 4) is 33.3 Å². The normalized spacial score (nSPS) is 14.2. The first-order valence-electron chi connectivity index (χ1n) is 12.9. The Hall–Kier alpha value is -4.09. The van der Waals surface area contributed by atoms with E-state index in [9.17, 15) is 4.39 Å². The van der Waals surface area contributed by atoms with Crippen LogP contribution in [-0.4, -0.2) is 41.7 Å². The fraction of sp³-hybridized carbons (Fsp3) is 0.250. The summed E-state index contributed by atoms with van der Waals surface area (Å²) in [4.78, 5) is 21.7. The number of hydrogen-bond acceptors (Lipinski definition) is 7. The second kappa shape index (κ2) is 9.90. The van der Waals surface area contributed by atoms with Crippen LogP contribution in [0.5, 0.6) is 0 Å². The van der Waals surface area contributed by atoms with Gasteiger partial charge in [0.15, 0.2) is 16.8 Å². The molecule has 0 aliphatic heterocycles. The van der Waals surface area contributed by atoms with Gasteiger partial charge in [-0.3, -0.25) is 20.1 Å². The quantitative estimate of drug-likeness (QED) is 0.220. The van der Waals surface area contributed by atoms with Gasteiger partial charge in [-0.1, -0.05) is 12.8 Å². The van der Waals surface area contributed by atoms with Crippen molar-refractivity contribution in [2.45, 2.75) is 32.2 Å². The lowest BCUT2D eigenvalue weighted by Crippen LogP contribution is -2.20. The molecule has 0 atom stereocenters. The molecule has 196 valence electrons. The first kappa shape index (κ1) is 24.0. The Bertz CT molecular complexity index is 1800. The zero-order valence-electron chi connectivity index (χ0n) is 20.8. The molecule has 1 aliphatic rings. The number of fused-ring (bicyclic) bond motifs is 2. The predicted octanol–water partition coefficient (Wildman–Crippen LogP) is 6.24. The molecule has 0 radical (unpaired) electrons. The van der Waals surface area contributed by atoms with Crippen LogP contribution < -0.4 is 5.32 Å². The van der Waals surface area contributed by atoms with Gasteiger partial charge in [-0.2, -0.15) is 9.49 Å². The van der Waals surface area contributed by atoms with E-state index in [1.54, 1.807) is 36.9 Å². The van der Waals surface area contributed by atoms with Crippen molar-refractivity contribution in [3.63, 3.8) is 0 Å². The fourth-order valence-electron chi connectivity index (χ4n) is 5.37. The molecule has 6 aromatic rings. The number of rotatable bonds is 7. The SMILES string of the molecule is Fc1ccc(-c2nccc3[nH]c(-c4n[nH]c5cnc(-c6cncc(CNCC7CCCC7)c6)c(F)c45)nc23)s1. The van der Waals surface area contributed by atoms with Crippen molar-refractivity contribution in [1.82, 2.24) is 40.4 Å². The zero-order valence-corrected chi connectivity index (χ0v) is 21.7. The molecule has 1 aliphatic carbocycles. The number of aromatic amines is 2. The van der Waals surface area contributed by atoms with Crippen LogP contribution in [0.25, 0.3) is 55.3 Å². The summed E-state index contributed by atoms with van der Waals surface area (Å²) < 4.78 is 29.7. The third-order valence-electron chi connectivity index (χ3n) is 7.28. The highest BCUT2D eigenvalue weighted by molar-refractivity contribution is 7.13. The van der Waals surface area contributed by atoms with Crippen molar-refractivity contribution in [3.05, 3.63) is 65.6 Å². The van der Waals surface area contributed by atoms with Crippen LogP contribution in [0.1, 0.15) is 31.2 Å². The Kier molecular flexibility index (Phi) is 6.09. The highest BCUT2D eigenvalue weighted by Crippen LogP contribution is 2.35. The second-order valence-electron chi connectivity index (χ2n) is 9.89. The highest BCUT2D eigenvalue weighted by atomic mass is 32.1. The van der Waals surface area contributed by atoms with E-state index >= 15 is 4.39 Å². The number of hydrogen-bond donors (Lipinski definition) is 3. The molecule has 0 aromatic carbocycles. The minimum absolute atomic E-state index is 0.197. The molecule has 6 heterocycles. The van der Waals surface area contributed by atoms with E-state index in [4.69, 9.17) is 4.98 Å². The summed E-state index contributed by atoms with van der Waals surface area (Å²) in [5.74, 6) is 0.605. The number of nitrogens with zero attached hydrogens (tertiary/aromatic N) is 5. The summed E-state index contributed by atoms with van der Waals surface area (Å²) in [7, 11) is 0. The average Bonchev–Trinajstić information content (AvgIpc) is 3.75. The monoisotopic (exact) mass is 542 g/mol. The molecule has 1 fully saturated rings. The maximum absolute atomic E-state index is 16.1. The molecule has 39 heavy (non-hydrogen) atoms. The summed E-state index contributed by atoms with van der Waals surface area (Å²) in [5, 5.41) is 10.7. The highest BCUT2D eigenvalue weighted by Gasteiger charge is 2.22. The minimum Gasteiger partial charge on any atom is -0.336 e. The molecule has 8 nitrogen and oxygen atoms in total. The molecule has 3 N–H and O–H groups in total. The van der Waals surface area contributed by atoms with Gasteiger partial charge in [0, 0.05) is 30.7 Å². The third kappa shape index (κ3) is 4.47. The number of nitrogens with one attached hydrogen (secondary N) is 3. The van der Waals surface area contributed by atoms with Crippen LogP contribution in [0.15, 0.2) is 49.1 Å². The molecule has 6 aromatic heterocycles. The summed E-state index contributed by atoms with van der Waals surface area (Å²) >= 11 is 0.996. The summed E-state index contributed by atoms with van der Waals surface area (Å²) in [5.41, 5.74) is 4.34. The minimum atomic E-state index is -0.506. The largest absolute Gasteiger partial charge is 0.336 e. The van der Waals surface area contributed by atoms with Gasteiger partial charge in [0.25, 0.3) is 0 Å². The van der Waals surface area contributed by atoms with Crippen molar-refractivity contribution in [2.24, 2.45) is 5.92 Å². The van der Waals surface area contributed by atoms with Gasteiger partial charge in [-0.25, -0.2) is 9.37 Å². The van der Waals surface area contributed by atoms with Crippen molar-refractivity contribution < 1.29 is 8.78 Å². The van der Waals surface area contributed by atoms with Crippen LogP contribution in [0.2, 0.25) is 0 Å². The van der Waals surface area contributed by atoms with Crippen LogP contribution in [0.3, 0.4) is 0 Å². The zero-order chi connectivity index (χ0) is 26.3. The van der Waals surface area contributed by atoms with Gasteiger partial charge >= 0.3 is 0 Å². The lowest BCUT2D eigenvalue weighted by Gasteiger charge is -2.11. The van der Waals surface area contributed by atoms with Gasteiger partial charge in [-0.15, -0.1) is 11.3 Å². The molecule has 0 bridgehead atoms. The fourth-order valence-corrected chi connectivity index (χ4v) is 6.09. The van der Waals surface area contributed by atoms with Crippen molar-refractivity contribution in [2.75, 3.05) is 6.54 Å². The van der Waals surface area contributed by atoms with Crippen LogP contribution in [-0.2, 0) is 6.54 Å². The number of thiophene rings is 1. The van der Waals surface area contributed by atoms with Crippen LogP contribution in [0.4, 0.5) is 8.78 Å². The maximum atomic E-state index is 16.1. The van der Waals surface area contributed by atoms with E-state index in [1.807, 2.05) is 6.07 Å². The van der Waals surface area contributed by atoms with Gasteiger partial charge in [0.2, 0.25) is 0 Å². The molecule has 0 spiro atoms. The van der Waals surface area contributed by atoms with E-state index in [1.165, 1.54) is 31.7 Å². The molecule has 1 saturated carbocycles. The summed E-state index contributed by atoms with van der Waals surface area (Å²) in [6.07, 6.45) is 11.8. The number of H-pyrrole nitrogens is 2. The van der Waals surface area contributed by atoms with E-state index < -0.39 is 5.82 Å². The predicted molar refractivity (Wildman–Crippen MR) is 147 cm³/mol. The van der Waals surface area contributed by atoms with Crippen molar-refractivity contribution in [1.29, 1.82) is 0 Å². The lowest BCUT2D eigenvalue weighted by atomic mass is 10.1. The number of halogens is 2. The Balaban J connectivity index is 1.23. The molecule has 7 rings (SSSR count). The van der Waals surface area contributed by atoms with E-state index in [0.29, 0.717) is 50.7 Å². The Morgan fingerprint density at radius 3 is 2.72 bits per heavy atom. The van der Waals surface area contributed by atoms with Gasteiger partial charge in [0.1, 0.15) is 22.6 Å². The summed E-state index contributed by atoms with van der Waals surface area (Å²) in [6, 6.07) is 6.76. The van der Waals surface area contributed by atoms with Crippen molar-refractivity contribution >= 4 is 33.3 Å². The second-order valence-corrected chi connectivity index (χ2v) is 10.9. The summed E-state index contributed by atoms with van der Waals surface area (Å²) in [6.45, 7) is 1.65. The topological polar surface area (TPSA) is 108 Å². The molecule has 11 heteroatoms. The van der Waals surface area contributed by atoms with Gasteiger partial charge in [0.05, 0.1) is 27.5 Å². The Labute approximate surface area is 226 Å². The lowest BCUT2D eigenvalue weighted by molar-refractivity contribution is 0.489. The number of pyridine rings is 3. The van der Waals surface area contributed by atoms with Crippen LogP contribution in [0, 0.1) is 16.9 Å². The molecule has 0 unspecified atom stereocenters. The first-order valence-corrected chi connectivity index (χ1v) is 13.7. The number of aromatic nitrogens is 7. The standard InChI is InChI=1S/C28H24F2N8S/c29-21-6-5-20(39-21)26-25-18(7-8-33-26)35-28(36-25)27-22-19(37-38-27)14-34-24(23(22)30)17-9-16(12-32-13-17)11-31-10-15-3-1-2-4-15/h5-9,12-15,31H,1-4,10-11H2,(H,35,36)(H,37,38).